The van der Waals surface area contributed by atoms with E-state index in [0.717, 1.165) is 51.6 Å². The van der Waals surface area contributed by atoms with E-state index in [0.29, 0.717) is 0 Å². The normalized spacial score (nSPS) is 20.1. The number of amides is 2. The maximum Gasteiger partial charge on any atom is 0.242 e. The highest BCUT2D eigenvalue weighted by molar-refractivity contribution is 8.15. The summed E-state index contributed by atoms with van der Waals surface area (Å²) < 4.78 is 0. The first-order valence-electron chi connectivity index (χ1n) is 10.3. The van der Waals surface area contributed by atoms with Gasteiger partial charge >= 0.3 is 0 Å². The largest absolute Gasteiger partial charge is 0.326 e. The predicted octanol–water partition coefficient (Wildman–Crippen LogP) is 5.04. The van der Waals surface area contributed by atoms with Gasteiger partial charge in [-0.15, -0.1) is 0 Å². The second-order valence-electron chi connectivity index (χ2n) is 8.36. The van der Waals surface area contributed by atoms with E-state index in [1.807, 2.05) is 62.9 Å². The summed E-state index contributed by atoms with van der Waals surface area (Å²) >= 11 is 1.41. The van der Waals surface area contributed by atoms with E-state index in [1.54, 1.807) is 0 Å². The van der Waals surface area contributed by atoms with Crippen molar-refractivity contribution in [1.82, 2.24) is 4.90 Å². The molecule has 6 heteroatoms. The van der Waals surface area contributed by atoms with Crippen LogP contribution in [0.15, 0.2) is 41.4 Å². The molecule has 1 atom stereocenters. The summed E-state index contributed by atoms with van der Waals surface area (Å²) in [5.41, 5.74) is 6.05. The van der Waals surface area contributed by atoms with Gasteiger partial charge in [0.25, 0.3) is 0 Å². The average Bonchev–Trinajstić information content (AvgIpc) is 3.44. The molecular formula is C24H27N3O2S. The third kappa shape index (κ3) is 4.59. The van der Waals surface area contributed by atoms with Crippen molar-refractivity contribution in [2.24, 2.45) is 4.99 Å². The molecule has 0 spiro atoms. The number of carbonyl (C=O) groups is 2. The van der Waals surface area contributed by atoms with Gasteiger partial charge < -0.3 is 5.32 Å². The van der Waals surface area contributed by atoms with Crippen LogP contribution in [0.5, 0.6) is 0 Å². The quantitative estimate of drug-likeness (QED) is 0.735. The Balaban J connectivity index is 1.52. The SMILES string of the molecule is Cc1cc(C)cc(N=C2S[C@H](CC(=O)Nc3cc(C)ccc3C)C(=O)N2C2CC2)c1. The summed E-state index contributed by atoms with van der Waals surface area (Å²) in [7, 11) is 0. The molecule has 0 aromatic heterocycles. The Hall–Kier alpha value is -2.60. The van der Waals surface area contributed by atoms with Crippen molar-refractivity contribution >= 4 is 40.1 Å². The zero-order chi connectivity index (χ0) is 21.4. The molecule has 0 bridgehead atoms. The fourth-order valence-electron chi connectivity index (χ4n) is 3.73. The molecule has 2 aromatic rings. The summed E-state index contributed by atoms with van der Waals surface area (Å²) in [6.07, 6.45) is 2.14. The Labute approximate surface area is 182 Å². The van der Waals surface area contributed by atoms with Gasteiger partial charge in [0.15, 0.2) is 5.17 Å². The first-order valence-corrected chi connectivity index (χ1v) is 11.2. The number of nitrogens with zero attached hydrogens (tertiary/aromatic N) is 2. The van der Waals surface area contributed by atoms with Gasteiger partial charge in [-0.05, 0) is 81.0 Å². The number of rotatable bonds is 5. The first kappa shape index (κ1) is 20.7. The lowest BCUT2D eigenvalue weighted by atomic mass is 10.1. The van der Waals surface area contributed by atoms with Crippen molar-refractivity contribution in [2.75, 3.05) is 5.32 Å². The first-order chi connectivity index (χ1) is 14.3. The van der Waals surface area contributed by atoms with Crippen molar-refractivity contribution in [2.45, 2.75) is 58.2 Å². The van der Waals surface area contributed by atoms with Crippen molar-refractivity contribution in [3.8, 4) is 0 Å². The van der Waals surface area contributed by atoms with E-state index in [1.165, 1.54) is 11.8 Å². The molecule has 2 amide bonds. The summed E-state index contributed by atoms with van der Waals surface area (Å²) in [5.74, 6) is -0.139. The minimum absolute atomic E-state index is 0.00161. The summed E-state index contributed by atoms with van der Waals surface area (Å²) in [6.45, 7) is 8.05. The van der Waals surface area contributed by atoms with E-state index in [4.69, 9.17) is 4.99 Å². The molecule has 30 heavy (non-hydrogen) atoms. The zero-order valence-corrected chi connectivity index (χ0v) is 18.7. The van der Waals surface area contributed by atoms with Crippen LogP contribution in [-0.4, -0.2) is 33.2 Å². The Morgan fingerprint density at radius 1 is 1.07 bits per heavy atom. The van der Waals surface area contributed by atoms with Crippen LogP contribution in [0, 0.1) is 27.7 Å². The minimum atomic E-state index is -0.430. The van der Waals surface area contributed by atoms with Crippen molar-refractivity contribution in [1.29, 1.82) is 0 Å². The third-order valence-electron chi connectivity index (χ3n) is 5.35. The molecule has 2 aromatic carbocycles. The van der Waals surface area contributed by atoms with E-state index in [-0.39, 0.29) is 24.3 Å². The van der Waals surface area contributed by atoms with Crippen LogP contribution in [0.25, 0.3) is 0 Å². The Kier molecular flexibility index (Phi) is 5.69. The van der Waals surface area contributed by atoms with E-state index in [2.05, 4.69) is 11.4 Å². The molecule has 1 N–H and O–H groups in total. The van der Waals surface area contributed by atoms with Crippen molar-refractivity contribution in [3.63, 3.8) is 0 Å². The van der Waals surface area contributed by atoms with E-state index < -0.39 is 5.25 Å². The second kappa shape index (κ2) is 8.26. The number of hydrogen-bond acceptors (Lipinski definition) is 4. The van der Waals surface area contributed by atoms with Gasteiger partial charge in [0.2, 0.25) is 11.8 Å². The molecule has 1 aliphatic heterocycles. The van der Waals surface area contributed by atoms with Crippen molar-refractivity contribution < 1.29 is 9.59 Å². The smallest absolute Gasteiger partial charge is 0.242 e. The number of carbonyl (C=O) groups excluding carboxylic acids is 2. The average molecular weight is 422 g/mol. The summed E-state index contributed by atoms with van der Waals surface area (Å²) in [6, 6.07) is 12.3. The van der Waals surface area contributed by atoms with Gasteiger partial charge in [-0.2, -0.15) is 0 Å². The highest BCUT2D eigenvalue weighted by Gasteiger charge is 2.46. The van der Waals surface area contributed by atoms with Gasteiger partial charge in [0, 0.05) is 18.2 Å². The van der Waals surface area contributed by atoms with Crippen molar-refractivity contribution in [3.05, 3.63) is 58.7 Å². The lowest BCUT2D eigenvalue weighted by molar-refractivity contribution is -0.128. The molecule has 4 rings (SSSR count). The van der Waals surface area contributed by atoms with Crippen LogP contribution < -0.4 is 5.32 Å². The fourth-order valence-corrected chi connectivity index (χ4v) is 4.94. The number of hydrogen-bond donors (Lipinski definition) is 1. The maximum absolute atomic E-state index is 13.1. The maximum atomic E-state index is 13.1. The lowest BCUT2D eigenvalue weighted by Gasteiger charge is -2.15. The fraction of sp³-hybridized carbons (Fsp3) is 0.375. The number of thioether (sulfide) groups is 1. The number of aryl methyl sites for hydroxylation is 4. The molecule has 0 radical (unpaired) electrons. The van der Waals surface area contributed by atoms with Crippen LogP contribution in [0.1, 0.15) is 41.5 Å². The molecule has 1 aliphatic carbocycles. The van der Waals surface area contributed by atoms with Gasteiger partial charge in [0.1, 0.15) is 5.25 Å². The van der Waals surface area contributed by atoms with Crippen LogP contribution in [0.3, 0.4) is 0 Å². The number of anilines is 1. The summed E-state index contributed by atoms with van der Waals surface area (Å²) in [5, 5.41) is 3.26. The monoisotopic (exact) mass is 421 g/mol. The zero-order valence-electron chi connectivity index (χ0n) is 17.9. The molecule has 2 fully saturated rings. The molecule has 5 nitrogen and oxygen atoms in total. The highest BCUT2D eigenvalue weighted by Crippen LogP contribution is 2.39. The highest BCUT2D eigenvalue weighted by atomic mass is 32.2. The minimum Gasteiger partial charge on any atom is -0.326 e. The van der Waals surface area contributed by atoms with Gasteiger partial charge in [0.05, 0.1) is 5.69 Å². The number of aliphatic imine (C=N–C) groups is 1. The van der Waals surface area contributed by atoms with Crippen LogP contribution >= 0.6 is 11.8 Å². The number of amidine groups is 1. The summed E-state index contributed by atoms with van der Waals surface area (Å²) in [4.78, 5) is 32.4. The molecule has 1 heterocycles. The second-order valence-corrected chi connectivity index (χ2v) is 9.53. The molecule has 156 valence electrons. The van der Waals surface area contributed by atoms with Crippen LogP contribution in [0.2, 0.25) is 0 Å². The van der Waals surface area contributed by atoms with Gasteiger partial charge in [-0.25, -0.2) is 4.99 Å². The van der Waals surface area contributed by atoms with E-state index in [9.17, 15) is 9.59 Å². The Morgan fingerprint density at radius 2 is 1.77 bits per heavy atom. The Bertz CT molecular complexity index is 1020. The Morgan fingerprint density at radius 3 is 2.43 bits per heavy atom. The third-order valence-corrected chi connectivity index (χ3v) is 6.50. The molecule has 2 aliphatic rings. The number of nitrogens with one attached hydrogen (secondary N) is 1. The molecular weight excluding hydrogens is 394 g/mol. The number of benzene rings is 2. The van der Waals surface area contributed by atoms with Gasteiger partial charge in [-0.1, -0.05) is 30.0 Å². The standard InChI is InChI=1S/C24H27N3O2S/c1-14-5-6-17(4)20(12-14)26-22(28)13-21-23(29)27(19-7-8-19)24(30-21)25-18-10-15(2)9-16(3)11-18/h5-6,9-12,19,21H,7-8,13H2,1-4H3,(H,26,28)/t21-/m1/s1. The molecule has 0 unspecified atom stereocenters. The molecule has 1 saturated carbocycles. The lowest BCUT2D eigenvalue weighted by Crippen LogP contribution is -2.35. The predicted molar refractivity (Wildman–Crippen MR) is 123 cm³/mol. The van der Waals surface area contributed by atoms with Crippen LogP contribution in [0.4, 0.5) is 11.4 Å². The molecule has 1 saturated heterocycles. The van der Waals surface area contributed by atoms with E-state index >= 15 is 0 Å². The topological polar surface area (TPSA) is 61.8 Å². The van der Waals surface area contributed by atoms with Crippen LogP contribution in [-0.2, 0) is 9.59 Å². The van der Waals surface area contributed by atoms with Gasteiger partial charge in [-0.3, -0.25) is 14.5 Å².